The van der Waals surface area contributed by atoms with E-state index in [0.717, 1.165) is 17.0 Å². The Kier molecular flexibility index (Phi) is 4.26. The molecule has 0 aliphatic rings. The predicted octanol–water partition coefficient (Wildman–Crippen LogP) is 4.22. The second-order valence-electron chi connectivity index (χ2n) is 4.88. The molecule has 22 heavy (non-hydrogen) atoms. The minimum Gasteiger partial charge on any atom is -0.294 e. The molecule has 0 aliphatic carbocycles. The summed E-state index contributed by atoms with van der Waals surface area (Å²) in [5.74, 6) is 0.0230. The zero-order chi connectivity index (χ0) is 15.4. The summed E-state index contributed by atoms with van der Waals surface area (Å²) < 4.78 is 0. The maximum atomic E-state index is 12.2. The summed E-state index contributed by atoms with van der Waals surface area (Å²) in [6.07, 6.45) is 3.75. The van der Waals surface area contributed by atoms with E-state index in [9.17, 15) is 4.79 Å². The van der Waals surface area contributed by atoms with Crippen molar-refractivity contribution in [2.75, 3.05) is 0 Å². The van der Waals surface area contributed by atoms with Crippen molar-refractivity contribution in [3.05, 3.63) is 83.1 Å². The van der Waals surface area contributed by atoms with E-state index in [-0.39, 0.29) is 5.78 Å². The fraction of sp³-hybridized carbons (Fsp3) is 0.0556. The smallest absolute Gasteiger partial charge is 0.167 e. The third-order valence-corrected chi connectivity index (χ3v) is 3.50. The zero-order valence-corrected chi connectivity index (χ0v) is 12.5. The number of benzene rings is 1. The van der Waals surface area contributed by atoms with Gasteiger partial charge in [-0.15, -0.1) is 0 Å². The molecule has 0 spiro atoms. The SMILES string of the molecule is O=C(Cc1ccc(-c2ccccn2)nc1)c1cccc(Cl)c1. The first kappa shape index (κ1) is 14.4. The maximum Gasteiger partial charge on any atom is 0.167 e. The Labute approximate surface area is 133 Å². The van der Waals surface area contributed by atoms with Crippen LogP contribution in [0.15, 0.2) is 67.0 Å². The monoisotopic (exact) mass is 308 g/mol. The Morgan fingerprint density at radius 1 is 0.955 bits per heavy atom. The molecule has 3 rings (SSSR count). The molecular formula is C18H13ClN2O. The number of pyridine rings is 2. The number of Topliss-reactive ketones (excluding diaryl/α,β-unsaturated/α-hetero) is 1. The molecule has 3 aromatic rings. The number of hydrogen-bond acceptors (Lipinski definition) is 3. The quantitative estimate of drug-likeness (QED) is 0.678. The summed E-state index contributed by atoms with van der Waals surface area (Å²) in [5.41, 5.74) is 3.08. The lowest BCUT2D eigenvalue weighted by Gasteiger charge is -2.04. The Balaban J connectivity index is 1.75. The van der Waals surface area contributed by atoms with Gasteiger partial charge >= 0.3 is 0 Å². The Morgan fingerprint density at radius 2 is 1.82 bits per heavy atom. The van der Waals surface area contributed by atoms with E-state index in [0.29, 0.717) is 17.0 Å². The van der Waals surface area contributed by atoms with E-state index in [1.165, 1.54) is 0 Å². The second-order valence-corrected chi connectivity index (χ2v) is 5.31. The number of rotatable bonds is 4. The van der Waals surface area contributed by atoms with E-state index in [1.807, 2.05) is 30.3 Å². The molecule has 3 nitrogen and oxygen atoms in total. The number of carbonyl (C=O) groups excluding carboxylic acids is 1. The highest BCUT2D eigenvalue weighted by molar-refractivity contribution is 6.31. The number of nitrogens with zero attached hydrogens (tertiary/aromatic N) is 2. The average molecular weight is 309 g/mol. The van der Waals surface area contributed by atoms with Crippen LogP contribution in [0.3, 0.4) is 0 Å². The van der Waals surface area contributed by atoms with E-state index in [2.05, 4.69) is 9.97 Å². The lowest BCUT2D eigenvalue weighted by atomic mass is 10.0. The highest BCUT2D eigenvalue weighted by Crippen LogP contribution is 2.16. The van der Waals surface area contributed by atoms with Crippen molar-refractivity contribution in [2.24, 2.45) is 0 Å². The molecular weight excluding hydrogens is 296 g/mol. The van der Waals surface area contributed by atoms with Gasteiger partial charge in [-0.1, -0.05) is 35.9 Å². The minimum absolute atomic E-state index is 0.0230. The Hall–Kier alpha value is -2.52. The van der Waals surface area contributed by atoms with E-state index in [1.54, 1.807) is 36.7 Å². The molecule has 0 saturated heterocycles. The minimum atomic E-state index is 0.0230. The van der Waals surface area contributed by atoms with Crippen LogP contribution in [0.1, 0.15) is 15.9 Å². The highest BCUT2D eigenvalue weighted by Gasteiger charge is 2.08. The summed E-state index contributed by atoms with van der Waals surface area (Å²) in [4.78, 5) is 20.8. The van der Waals surface area contributed by atoms with Gasteiger partial charge in [-0.25, -0.2) is 0 Å². The molecule has 2 heterocycles. The first-order valence-electron chi connectivity index (χ1n) is 6.87. The van der Waals surface area contributed by atoms with Gasteiger partial charge in [0.1, 0.15) is 0 Å². The molecule has 0 atom stereocenters. The molecule has 0 saturated carbocycles. The number of halogens is 1. The van der Waals surface area contributed by atoms with Gasteiger partial charge in [-0.2, -0.15) is 0 Å². The standard InChI is InChI=1S/C18H13ClN2O/c19-15-5-3-4-14(11-15)18(22)10-13-7-8-17(21-12-13)16-6-1-2-9-20-16/h1-9,11-12H,10H2. The average Bonchev–Trinajstić information content (AvgIpc) is 2.56. The fourth-order valence-corrected chi connectivity index (χ4v) is 2.33. The van der Waals surface area contributed by atoms with Gasteiger partial charge in [0.05, 0.1) is 11.4 Å². The van der Waals surface area contributed by atoms with Crippen LogP contribution < -0.4 is 0 Å². The van der Waals surface area contributed by atoms with Crippen LogP contribution in [0, 0.1) is 0 Å². The summed E-state index contributed by atoms with van der Waals surface area (Å²) in [6, 6.07) is 16.4. The first-order valence-corrected chi connectivity index (χ1v) is 7.25. The number of aromatic nitrogens is 2. The Bertz CT molecular complexity index is 786. The van der Waals surface area contributed by atoms with Crippen LogP contribution in [-0.4, -0.2) is 15.8 Å². The molecule has 0 fully saturated rings. The predicted molar refractivity (Wildman–Crippen MR) is 87.0 cm³/mol. The van der Waals surface area contributed by atoms with Crippen molar-refractivity contribution < 1.29 is 4.79 Å². The van der Waals surface area contributed by atoms with Crippen LogP contribution in [0.25, 0.3) is 11.4 Å². The van der Waals surface area contributed by atoms with Crippen LogP contribution in [0.5, 0.6) is 0 Å². The van der Waals surface area contributed by atoms with Gasteiger partial charge in [0.25, 0.3) is 0 Å². The number of carbonyl (C=O) groups is 1. The summed E-state index contributed by atoms with van der Waals surface area (Å²) >= 11 is 5.91. The third kappa shape index (κ3) is 3.38. The summed E-state index contributed by atoms with van der Waals surface area (Å²) in [5, 5.41) is 0.564. The Morgan fingerprint density at radius 3 is 2.50 bits per heavy atom. The van der Waals surface area contributed by atoms with Crippen molar-refractivity contribution in [3.8, 4) is 11.4 Å². The van der Waals surface area contributed by atoms with Crippen molar-refractivity contribution >= 4 is 17.4 Å². The van der Waals surface area contributed by atoms with Crippen LogP contribution in [0.4, 0.5) is 0 Å². The zero-order valence-electron chi connectivity index (χ0n) is 11.7. The van der Waals surface area contributed by atoms with Crippen molar-refractivity contribution in [1.82, 2.24) is 9.97 Å². The second kappa shape index (κ2) is 6.50. The van der Waals surface area contributed by atoms with Gasteiger partial charge in [0.2, 0.25) is 0 Å². The van der Waals surface area contributed by atoms with Crippen molar-refractivity contribution in [2.45, 2.75) is 6.42 Å². The normalized spacial score (nSPS) is 10.4. The number of hydrogen-bond donors (Lipinski definition) is 0. The third-order valence-electron chi connectivity index (χ3n) is 3.26. The van der Waals surface area contributed by atoms with Gasteiger partial charge in [0, 0.05) is 29.4 Å². The van der Waals surface area contributed by atoms with Gasteiger partial charge in [-0.3, -0.25) is 14.8 Å². The van der Waals surface area contributed by atoms with Gasteiger partial charge < -0.3 is 0 Å². The lowest BCUT2D eigenvalue weighted by molar-refractivity contribution is 0.0993. The molecule has 0 radical (unpaired) electrons. The van der Waals surface area contributed by atoms with Crippen LogP contribution >= 0.6 is 11.6 Å². The maximum absolute atomic E-state index is 12.2. The first-order chi connectivity index (χ1) is 10.7. The highest BCUT2D eigenvalue weighted by atomic mass is 35.5. The van der Waals surface area contributed by atoms with Crippen molar-refractivity contribution in [3.63, 3.8) is 0 Å². The van der Waals surface area contributed by atoms with Gasteiger partial charge in [-0.05, 0) is 35.9 Å². The van der Waals surface area contributed by atoms with E-state index < -0.39 is 0 Å². The van der Waals surface area contributed by atoms with E-state index in [4.69, 9.17) is 11.6 Å². The molecule has 0 bridgehead atoms. The number of ketones is 1. The molecule has 2 aromatic heterocycles. The molecule has 0 unspecified atom stereocenters. The summed E-state index contributed by atoms with van der Waals surface area (Å²) in [7, 11) is 0. The lowest BCUT2D eigenvalue weighted by Crippen LogP contribution is -2.04. The molecule has 108 valence electrons. The molecule has 0 N–H and O–H groups in total. The fourth-order valence-electron chi connectivity index (χ4n) is 2.14. The van der Waals surface area contributed by atoms with Crippen LogP contribution in [-0.2, 0) is 6.42 Å². The summed E-state index contributed by atoms with van der Waals surface area (Å²) in [6.45, 7) is 0. The molecule has 1 aromatic carbocycles. The van der Waals surface area contributed by atoms with Crippen molar-refractivity contribution in [1.29, 1.82) is 0 Å². The molecule has 0 amide bonds. The van der Waals surface area contributed by atoms with Gasteiger partial charge in [0.15, 0.2) is 5.78 Å². The topological polar surface area (TPSA) is 42.9 Å². The van der Waals surface area contributed by atoms with E-state index >= 15 is 0 Å². The largest absolute Gasteiger partial charge is 0.294 e. The molecule has 4 heteroatoms. The van der Waals surface area contributed by atoms with Crippen LogP contribution in [0.2, 0.25) is 5.02 Å². The molecule has 0 aliphatic heterocycles.